The first-order chi connectivity index (χ1) is 8.60. The minimum absolute atomic E-state index is 0.460. The molecule has 0 aliphatic rings. The second-order valence-corrected chi connectivity index (χ2v) is 4.88. The molecule has 0 amide bonds. The van der Waals surface area contributed by atoms with E-state index in [-0.39, 0.29) is 0 Å². The maximum atomic E-state index is 5.96. The lowest BCUT2D eigenvalue weighted by Gasteiger charge is -2.12. The van der Waals surface area contributed by atoms with E-state index in [0.29, 0.717) is 5.88 Å². The van der Waals surface area contributed by atoms with Crippen LogP contribution in [0, 0.1) is 20.8 Å². The Balaban J connectivity index is 2.33. The SMILES string of the molecule is Cc1ccc(Oc2ccc(C)cc2CCl)c(C)c1. The molecule has 1 nitrogen and oxygen atoms in total. The largest absolute Gasteiger partial charge is 0.457 e. The van der Waals surface area contributed by atoms with Gasteiger partial charge in [-0.05, 0) is 38.5 Å². The molecule has 0 atom stereocenters. The molecule has 0 spiro atoms. The molecule has 0 N–H and O–H groups in total. The average molecular weight is 261 g/mol. The van der Waals surface area contributed by atoms with Crippen LogP contribution < -0.4 is 4.74 Å². The molecule has 0 saturated carbocycles. The summed E-state index contributed by atoms with van der Waals surface area (Å²) in [7, 11) is 0. The standard InChI is InChI=1S/C16H17ClO/c1-11-4-6-15(13(3)8-11)18-16-7-5-12(2)9-14(16)10-17/h4-9H,10H2,1-3H3. The number of ether oxygens (including phenoxy) is 1. The van der Waals surface area contributed by atoms with Gasteiger partial charge in [-0.1, -0.05) is 35.4 Å². The predicted molar refractivity (Wildman–Crippen MR) is 76.7 cm³/mol. The van der Waals surface area contributed by atoms with E-state index in [1.807, 2.05) is 18.2 Å². The minimum atomic E-state index is 0.460. The third-order valence-electron chi connectivity index (χ3n) is 2.91. The summed E-state index contributed by atoms with van der Waals surface area (Å²) in [6.07, 6.45) is 0. The van der Waals surface area contributed by atoms with Crippen molar-refractivity contribution in [3.63, 3.8) is 0 Å². The van der Waals surface area contributed by atoms with Crippen molar-refractivity contribution >= 4 is 11.6 Å². The number of aryl methyl sites for hydroxylation is 3. The molecular formula is C16H17ClO. The maximum Gasteiger partial charge on any atom is 0.131 e. The van der Waals surface area contributed by atoms with E-state index in [1.165, 1.54) is 11.1 Å². The van der Waals surface area contributed by atoms with Crippen molar-refractivity contribution in [3.8, 4) is 11.5 Å². The Morgan fingerprint density at radius 1 is 0.889 bits per heavy atom. The first-order valence-electron chi connectivity index (χ1n) is 6.01. The second-order valence-electron chi connectivity index (χ2n) is 4.62. The van der Waals surface area contributed by atoms with Gasteiger partial charge in [-0.3, -0.25) is 0 Å². The van der Waals surface area contributed by atoms with E-state index in [0.717, 1.165) is 22.6 Å². The van der Waals surface area contributed by atoms with E-state index in [9.17, 15) is 0 Å². The summed E-state index contributed by atoms with van der Waals surface area (Å²) >= 11 is 5.96. The fraction of sp³-hybridized carbons (Fsp3) is 0.250. The lowest BCUT2D eigenvalue weighted by Crippen LogP contribution is -1.92. The highest BCUT2D eigenvalue weighted by Crippen LogP contribution is 2.29. The van der Waals surface area contributed by atoms with E-state index in [2.05, 4.69) is 39.0 Å². The molecule has 94 valence electrons. The Kier molecular flexibility index (Phi) is 3.93. The molecule has 0 fully saturated rings. The first-order valence-corrected chi connectivity index (χ1v) is 6.54. The first kappa shape index (κ1) is 13.0. The number of rotatable bonds is 3. The lowest BCUT2D eigenvalue weighted by molar-refractivity contribution is 0.474. The molecule has 0 unspecified atom stereocenters. The van der Waals surface area contributed by atoms with Crippen molar-refractivity contribution in [2.24, 2.45) is 0 Å². The summed E-state index contributed by atoms with van der Waals surface area (Å²) in [5.41, 5.74) is 4.59. The Labute approximate surface area is 113 Å². The van der Waals surface area contributed by atoms with Crippen molar-refractivity contribution in [2.45, 2.75) is 26.7 Å². The fourth-order valence-corrected chi connectivity index (χ4v) is 2.15. The number of alkyl halides is 1. The van der Waals surface area contributed by atoms with E-state index < -0.39 is 0 Å². The minimum Gasteiger partial charge on any atom is -0.457 e. The van der Waals surface area contributed by atoms with Crippen molar-refractivity contribution < 1.29 is 4.74 Å². The number of hydrogen-bond acceptors (Lipinski definition) is 1. The van der Waals surface area contributed by atoms with Crippen LogP contribution in [0.4, 0.5) is 0 Å². The molecule has 2 rings (SSSR count). The zero-order chi connectivity index (χ0) is 13.1. The van der Waals surface area contributed by atoms with Crippen molar-refractivity contribution in [1.82, 2.24) is 0 Å². The summed E-state index contributed by atoms with van der Waals surface area (Å²) in [5, 5.41) is 0. The maximum absolute atomic E-state index is 5.96. The molecule has 0 heterocycles. The summed E-state index contributed by atoms with van der Waals surface area (Å²) in [6.45, 7) is 6.18. The molecule has 0 radical (unpaired) electrons. The van der Waals surface area contributed by atoms with Crippen LogP contribution in [0.1, 0.15) is 22.3 Å². The van der Waals surface area contributed by atoms with Gasteiger partial charge in [0.25, 0.3) is 0 Å². The van der Waals surface area contributed by atoms with E-state index in [4.69, 9.17) is 16.3 Å². The Bertz CT molecular complexity index is 561. The van der Waals surface area contributed by atoms with Gasteiger partial charge in [0, 0.05) is 5.56 Å². The van der Waals surface area contributed by atoms with Gasteiger partial charge in [-0.15, -0.1) is 11.6 Å². The van der Waals surface area contributed by atoms with Crippen LogP contribution in [0.15, 0.2) is 36.4 Å². The molecule has 2 heteroatoms. The van der Waals surface area contributed by atoms with Gasteiger partial charge >= 0.3 is 0 Å². The molecule has 2 aromatic rings. The van der Waals surface area contributed by atoms with Gasteiger partial charge in [0.05, 0.1) is 5.88 Å². The van der Waals surface area contributed by atoms with Crippen LogP contribution >= 0.6 is 11.6 Å². The highest BCUT2D eigenvalue weighted by atomic mass is 35.5. The normalized spacial score (nSPS) is 10.4. The monoisotopic (exact) mass is 260 g/mol. The molecule has 0 aliphatic heterocycles. The van der Waals surface area contributed by atoms with Gasteiger partial charge < -0.3 is 4.74 Å². The van der Waals surface area contributed by atoms with E-state index >= 15 is 0 Å². The van der Waals surface area contributed by atoms with Gasteiger partial charge in [0.1, 0.15) is 11.5 Å². The van der Waals surface area contributed by atoms with Crippen molar-refractivity contribution in [3.05, 3.63) is 58.7 Å². The average Bonchev–Trinajstić information content (AvgIpc) is 2.34. The van der Waals surface area contributed by atoms with Crippen LogP contribution in [0.5, 0.6) is 11.5 Å². The topological polar surface area (TPSA) is 9.23 Å². The smallest absolute Gasteiger partial charge is 0.131 e. The Hall–Kier alpha value is -1.47. The van der Waals surface area contributed by atoms with Gasteiger partial charge in [0.2, 0.25) is 0 Å². The third kappa shape index (κ3) is 2.85. The zero-order valence-corrected chi connectivity index (χ0v) is 11.7. The number of hydrogen-bond donors (Lipinski definition) is 0. The Morgan fingerprint density at radius 2 is 1.50 bits per heavy atom. The number of benzene rings is 2. The van der Waals surface area contributed by atoms with Crippen molar-refractivity contribution in [1.29, 1.82) is 0 Å². The molecule has 2 aromatic carbocycles. The molecule has 0 aliphatic carbocycles. The molecule has 0 saturated heterocycles. The van der Waals surface area contributed by atoms with Crippen LogP contribution in [0.25, 0.3) is 0 Å². The third-order valence-corrected chi connectivity index (χ3v) is 3.20. The van der Waals surface area contributed by atoms with Crippen molar-refractivity contribution in [2.75, 3.05) is 0 Å². The molecule has 0 bridgehead atoms. The van der Waals surface area contributed by atoms with Gasteiger partial charge in [0.15, 0.2) is 0 Å². The molecule has 0 aromatic heterocycles. The lowest BCUT2D eigenvalue weighted by atomic mass is 10.1. The van der Waals surface area contributed by atoms with Crippen LogP contribution in [-0.4, -0.2) is 0 Å². The Morgan fingerprint density at radius 3 is 2.11 bits per heavy atom. The highest BCUT2D eigenvalue weighted by Gasteiger charge is 2.06. The quantitative estimate of drug-likeness (QED) is 0.694. The summed E-state index contributed by atoms with van der Waals surface area (Å²) in [4.78, 5) is 0. The van der Waals surface area contributed by atoms with Gasteiger partial charge in [-0.2, -0.15) is 0 Å². The summed E-state index contributed by atoms with van der Waals surface area (Å²) in [5.74, 6) is 2.18. The summed E-state index contributed by atoms with van der Waals surface area (Å²) in [6, 6.07) is 12.2. The molecule has 18 heavy (non-hydrogen) atoms. The predicted octanol–water partition coefficient (Wildman–Crippen LogP) is 5.14. The van der Waals surface area contributed by atoms with Crippen LogP contribution in [0.3, 0.4) is 0 Å². The fourth-order valence-electron chi connectivity index (χ4n) is 1.94. The van der Waals surface area contributed by atoms with Crippen LogP contribution in [-0.2, 0) is 5.88 Å². The highest BCUT2D eigenvalue weighted by molar-refractivity contribution is 6.17. The molecular weight excluding hydrogens is 244 g/mol. The van der Waals surface area contributed by atoms with Gasteiger partial charge in [-0.25, -0.2) is 0 Å². The second kappa shape index (κ2) is 5.45. The van der Waals surface area contributed by atoms with E-state index in [1.54, 1.807) is 0 Å². The summed E-state index contributed by atoms with van der Waals surface area (Å²) < 4.78 is 5.96. The van der Waals surface area contributed by atoms with Crippen LogP contribution in [0.2, 0.25) is 0 Å². The number of halogens is 1. The zero-order valence-electron chi connectivity index (χ0n) is 11.0.